The Hall–Kier alpha value is -2.27. The molecule has 0 spiro atoms. The van der Waals surface area contributed by atoms with Crippen molar-refractivity contribution in [2.75, 3.05) is 5.32 Å². The molecular weight excluding hydrogens is 252 g/mol. The second-order valence-corrected chi connectivity index (χ2v) is 5.40. The summed E-state index contributed by atoms with van der Waals surface area (Å²) in [6.07, 6.45) is 1.70. The number of hydrogen-bond acceptors (Lipinski definition) is 4. The molecule has 1 aromatic carbocycles. The van der Waals surface area contributed by atoms with Crippen LogP contribution in [0.25, 0.3) is 11.3 Å². The summed E-state index contributed by atoms with van der Waals surface area (Å²) in [6.45, 7) is 4.15. The highest BCUT2D eigenvalue weighted by Crippen LogP contribution is 2.39. The van der Waals surface area contributed by atoms with Gasteiger partial charge in [0.2, 0.25) is 5.91 Å². The predicted octanol–water partition coefficient (Wildman–Crippen LogP) is 1.83. The molecule has 0 aliphatic carbocycles. The first-order valence-corrected chi connectivity index (χ1v) is 6.50. The van der Waals surface area contributed by atoms with Gasteiger partial charge in [-0.3, -0.25) is 4.79 Å². The average Bonchev–Trinajstić information content (AvgIpc) is 2.69. The van der Waals surface area contributed by atoms with E-state index in [0.29, 0.717) is 12.4 Å². The number of anilines is 1. The molecule has 1 aliphatic rings. The summed E-state index contributed by atoms with van der Waals surface area (Å²) < 4.78 is 0. The highest BCUT2D eigenvalue weighted by atomic mass is 16.2. The Labute approximate surface area is 117 Å². The summed E-state index contributed by atoms with van der Waals surface area (Å²) in [7, 11) is 0. The molecule has 0 bridgehead atoms. The van der Waals surface area contributed by atoms with Crippen LogP contribution in [0.3, 0.4) is 0 Å². The van der Waals surface area contributed by atoms with Crippen LogP contribution in [-0.4, -0.2) is 15.9 Å². The lowest BCUT2D eigenvalue weighted by atomic mass is 9.85. The Kier molecular flexibility index (Phi) is 2.79. The van der Waals surface area contributed by atoms with Gasteiger partial charge in [0.1, 0.15) is 5.82 Å². The summed E-state index contributed by atoms with van der Waals surface area (Å²) >= 11 is 0. The molecule has 5 heteroatoms. The lowest BCUT2D eigenvalue weighted by Gasteiger charge is -2.15. The van der Waals surface area contributed by atoms with Crippen LogP contribution in [0, 0.1) is 0 Å². The van der Waals surface area contributed by atoms with Gasteiger partial charge in [-0.1, -0.05) is 6.07 Å². The van der Waals surface area contributed by atoms with E-state index in [1.54, 1.807) is 6.20 Å². The summed E-state index contributed by atoms with van der Waals surface area (Å²) in [4.78, 5) is 20.5. The van der Waals surface area contributed by atoms with Crippen molar-refractivity contribution in [1.29, 1.82) is 0 Å². The van der Waals surface area contributed by atoms with E-state index in [9.17, 15) is 4.79 Å². The van der Waals surface area contributed by atoms with E-state index >= 15 is 0 Å². The van der Waals surface area contributed by atoms with E-state index in [1.807, 2.05) is 38.1 Å². The highest BCUT2D eigenvalue weighted by molar-refractivity contribution is 6.06. The number of hydrogen-bond donors (Lipinski definition) is 2. The number of aromatic nitrogens is 2. The molecule has 1 amide bonds. The van der Waals surface area contributed by atoms with Gasteiger partial charge in [0.05, 0.1) is 17.7 Å². The standard InChI is InChI=1S/C15H16N4O/c1-15(2)10-7-9(3-4-12(10)19-14(15)20)11-5-6-17-13(8-16)18-11/h3-7H,8,16H2,1-2H3,(H,19,20). The second-order valence-electron chi connectivity index (χ2n) is 5.40. The molecule has 5 nitrogen and oxygen atoms in total. The van der Waals surface area contributed by atoms with Crippen molar-refractivity contribution >= 4 is 11.6 Å². The molecule has 0 saturated carbocycles. The van der Waals surface area contributed by atoms with Crippen LogP contribution in [0.2, 0.25) is 0 Å². The van der Waals surface area contributed by atoms with Gasteiger partial charge < -0.3 is 11.1 Å². The van der Waals surface area contributed by atoms with Gasteiger partial charge >= 0.3 is 0 Å². The summed E-state index contributed by atoms with van der Waals surface area (Å²) in [6, 6.07) is 7.72. The third-order valence-corrected chi connectivity index (χ3v) is 3.69. The average molecular weight is 268 g/mol. The van der Waals surface area contributed by atoms with Crippen molar-refractivity contribution in [3.63, 3.8) is 0 Å². The lowest BCUT2D eigenvalue weighted by Crippen LogP contribution is -2.26. The van der Waals surface area contributed by atoms with Crippen LogP contribution in [-0.2, 0) is 16.8 Å². The predicted molar refractivity (Wildman–Crippen MR) is 77.0 cm³/mol. The minimum atomic E-state index is -0.519. The molecule has 1 aliphatic heterocycles. The van der Waals surface area contributed by atoms with E-state index in [2.05, 4.69) is 15.3 Å². The smallest absolute Gasteiger partial charge is 0.234 e. The van der Waals surface area contributed by atoms with E-state index in [1.165, 1.54) is 0 Å². The maximum atomic E-state index is 11.9. The maximum absolute atomic E-state index is 11.9. The van der Waals surface area contributed by atoms with Gasteiger partial charge in [0.25, 0.3) is 0 Å². The third kappa shape index (κ3) is 1.87. The Morgan fingerprint density at radius 3 is 2.85 bits per heavy atom. The largest absolute Gasteiger partial charge is 0.325 e. The van der Waals surface area contributed by atoms with Crippen molar-refractivity contribution < 1.29 is 4.79 Å². The summed E-state index contributed by atoms with van der Waals surface area (Å²) in [5.41, 5.74) is 8.70. The summed E-state index contributed by atoms with van der Waals surface area (Å²) in [5.74, 6) is 0.631. The molecule has 0 atom stereocenters. The van der Waals surface area contributed by atoms with Gasteiger partial charge in [-0.2, -0.15) is 0 Å². The fraction of sp³-hybridized carbons (Fsp3) is 0.267. The van der Waals surface area contributed by atoms with Crippen molar-refractivity contribution in [2.45, 2.75) is 25.8 Å². The Morgan fingerprint density at radius 2 is 2.10 bits per heavy atom. The molecule has 3 N–H and O–H groups in total. The molecule has 3 rings (SSSR count). The van der Waals surface area contributed by atoms with Crippen LogP contribution < -0.4 is 11.1 Å². The molecule has 0 radical (unpaired) electrons. The molecule has 0 unspecified atom stereocenters. The topological polar surface area (TPSA) is 80.9 Å². The monoisotopic (exact) mass is 268 g/mol. The van der Waals surface area contributed by atoms with Crippen LogP contribution in [0.15, 0.2) is 30.5 Å². The van der Waals surface area contributed by atoms with Crippen molar-refractivity contribution in [1.82, 2.24) is 9.97 Å². The summed E-state index contributed by atoms with van der Waals surface area (Å²) in [5, 5.41) is 2.90. The molecule has 2 heterocycles. The van der Waals surface area contributed by atoms with Gasteiger partial charge in [0.15, 0.2) is 0 Å². The molecule has 0 fully saturated rings. The lowest BCUT2D eigenvalue weighted by molar-refractivity contribution is -0.119. The van der Waals surface area contributed by atoms with Gasteiger partial charge in [-0.05, 0) is 37.6 Å². The number of nitrogens with two attached hydrogens (primary N) is 1. The number of nitrogens with zero attached hydrogens (tertiary/aromatic N) is 2. The normalized spacial score (nSPS) is 15.8. The number of fused-ring (bicyclic) bond motifs is 1. The minimum absolute atomic E-state index is 0.0231. The van der Waals surface area contributed by atoms with E-state index in [0.717, 1.165) is 22.5 Å². The quantitative estimate of drug-likeness (QED) is 0.870. The third-order valence-electron chi connectivity index (χ3n) is 3.69. The zero-order valence-electron chi connectivity index (χ0n) is 11.5. The molecule has 102 valence electrons. The molecule has 0 saturated heterocycles. The van der Waals surface area contributed by atoms with Crippen LogP contribution in [0.1, 0.15) is 25.2 Å². The van der Waals surface area contributed by atoms with Crippen LogP contribution in [0.4, 0.5) is 5.69 Å². The van der Waals surface area contributed by atoms with Gasteiger partial charge in [-0.15, -0.1) is 0 Å². The second kappa shape index (κ2) is 4.38. The van der Waals surface area contributed by atoms with E-state index in [-0.39, 0.29) is 5.91 Å². The molecule has 1 aromatic heterocycles. The Balaban J connectivity index is 2.10. The number of amides is 1. The SMILES string of the molecule is CC1(C)C(=O)Nc2ccc(-c3ccnc(CN)n3)cc21. The fourth-order valence-electron chi connectivity index (χ4n) is 2.39. The Morgan fingerprint density at radius 1 is 1.30 bits per heavy atom. The van der Waals surface area contributed by atoms with E-state index < -0.39 is 5.41 Å². The van der Waals surface area contributed by atoms with Crippen molar-refractivity contribution in [3.05, 3.63) is 41.9 Å². The molecular formula is C15H16N4O. The molecule has 2 aromatic rings. The Bertz CT molecular complexity index is 694. The van der Waals surface area contributed by atoms with Crippen molar-refractivity contribution in [3.8, 4) is 11.3 Å². The zero-order chi connectivity index (χ0) is 14.3. The first-order valence-electron chi connectivity index (χ1n) is 6.50. The first-order chi connectivity index (χ1) is 9.52. The maximum Gasteiger partial charge on any atom is 0.234 e. The fourth-order valence-corrected chi connectivity index (χ4v) is 2.39. The van der Waals surface area contributed by atoms with Crippen molar-refractivity contribution in [2.24, 2.45) is 5.73 Å². The highest BCUT2D eigenvalue weighted by Gasteiger charge is 2.38. The number of carbonyl (C=O) groups excluding carboxylic acids is 1. The number of benzene rings is 1. The van der Waals surface area contributed by atoms with Gasteiger partial charge in [0, 0.05) is 17.4 Å². The van der Waals surface area contributed by atoms with Crippen LogP contribution >= 0.6 is 0 Å². The number of nitrogens with one attached hydrogen (secondary N) is 1. The minimum Gasteiger partial charge on any atom is -0.325 e. The van der Waals surface area contributed by atoms with E-state index in [4.69, 9.17) is 5.73 Å². The number of carbonyl (C=O) groups is 1. The van der Waals surface area contributed by atoms with Gasteiger partial charge in [-0.25, -0.2) is 9.97 Å². The first kappa shape index (κ1) is 12.7. The zero-order valence-corrected chi connectivity index (χ0v) is 11.5. The molecule has 20 heavy (non-hydrogen) atoms. The van der Waals surface area contributed by atoms with Crippen LogP contribution in [0.5, 0.6) is 0 Å². The number of rotatable bonds is 2.